The van der Waals surface area contributed by atoms with Gasteiger partial charge in [-0.1, -0.05) is 47.5 Å². The van der Waals surface area contributed by atoms with Crippen LogP contribution in [0.2, 0.25) is 10.0 Å². The van der Waals surface area contributed by atoms with Crippen molar-refractivity contribution in [3.8, 4) is 28.1 Å². The minimum Gasteiger partial charge on any atom is -0.497 e. The molecule has 0 fully saturated rings. The van der Waals surface area contributed by atoms with Crippen LogP contribution in [-0.2, 0) is 0 Å². The van der Waals surface area contributed by atoms with E-state index in [0.29, 0.717) is 10.0 Å². The average molecular weight is 380 g/mol. The maximum absolute atomic E-state index is 6.24. The van der Waals surface area contributed by atoms with Gasteiger partial charge in [0.05, 0.1) is 18.3 Å². The van der Waals surface area contributed by atoms with Gasteiger partial charge in [0.2, 0.25) is 0 Å². The Morgan fingerprint density at radius 1 is 0.731 bits per heavy atom. The van der Waals surface area contributed by atoms with Crippen LogP contribution in [0.15, 0.2) is 72.8 Å². The van der Waals surface area contributed by atoms with Gasteiger partial charge in [-0.15, -0.1) is 0 Å². The second-order valence-corrected chi connectivity index (χ2v) is 6.82. The Morgan fingerprint density at radius 2 is 1.38 bits per heavy atom. The Balaban J connectivity index is 1.95. The lowest BCUT2D eigenvalue weighted by Gasteiger charge is -2.11. The third kappa shape index (κ3) is 3.26. The number of halogens is 2. The number of hydrogen-bond donors (Lipinski definition) is 0. The minimum absolute atomic E-state index is 0.688. The molecule has 3 aromatic carbocycles. The predicted octanol–water partition coefficient (Wildman–Crippen LogP) is 6.88. The molecule has 0 radical (unpaired) electrons. The number of ether oxygens (including phenoxy) is 1. The molecule has 1 aromatic heterocycles. The van der Waals surface area contributed by atoms with E-state index in [0.717, 1.165) is 39.0 Å². The highest BCUT2D eigenvalue weighted by atomic mass is 35.5. The smallest absolute Gasteiger partial charge is 0.118 e. The van der Waals surface area contributed by atoms with Crippen molar-refractivity contribution in [3.05, 3.63) is 82.8 Å². The first-order valence-electron chi connectivity index (χ1n) is 8.15. The Hall–Kier alpha value is -2.55. The van der Waals surface area contributed by atoms with Crippen LogP contribution in [0.3, 0.4) is 0 Å². The Bertz CT molecular complexity index is 1070. The fourth-order valence-electron chi connectivity index (χ4n) is 2.98. The van der Waals surface area contributed by atoms with Gasteiger partial charge in [-0.05, 0) is 59.7 Å². The molecular weight excluding hydrogens is 365 g/mol. The predicted molar refractivity (Wildman–Crippen MR) is 109 cm³/mol. The zero-order valence-electron chi connectivity index (χ0n) is 14.0. The molecule has 4 aromatic rings. The summed E-state index contributed by atoms with van der Waals surface area (Å²) in [6, 6.07) is 23.5. The van der Waals surface area contributed by atoms with Crippen LogP contribution in [0.5, 0.6) is 5.75 Å². The van der Waals surface area contributed by atoms with Gasteiger partial charge in [-0.2, -0.15) is 0 Å². The number of benzene rings is 3. The molecule has 26 heavy (non-hydrogen) atoms. The highest BCUT2D eigenvalue weighted by Gasteiger charge is 2.10. The molecule has 0 atom stereocenters. The van der Waals surface area contributed by atoms with Crippen LogP contribution in [0.1, 0.15) is 0 Å². The minimum atomic E-state index is 0.688. The summed E-state index contributed by atoms with van der Waals surface area (Å²) in [5, 5.41) is 2.41. The van der Waals surface area contributed by atoms with E-state index in [-0.39, 0.29) is 0 Å². The van der Waals surface area contributed by atoms with Crippen molar-refractivity contribution in [2.75, 3.05) is 7.11 Å². The van der Waals surface area contributed by atoms with Crippen molar-refractivity contribution >= 4 is 34.1 Å². The van der Waals surface area contributed by atoms with Crippen LogP contribution in [0, 0.1) is 0 Å². The van der Waals surface area contributed by atoms with Gasteiger partial charge in [0.15, 0.2) is 0 Å². The number of hydrogen-bond acceptors (Lipinski definition) is 2. The Kier molecular flexibility index (Phi) is 4.54. The fraction of sp³-hybridized carbons (Fsp3) is 0.0455. The van der Waals surface area contributed by atoms with Crippen molar-refractivity contribution in [1.82, 2.24) is 4.98 Å². The molecule has 0 saturated heterocycles. The van der Waals surface area contributed by atoms with E-state index in [2.05, 4.69) is 6.07 Å². The van der Waals surface area contributed by atoms with Crippen LogP contribution in [0.25, 0.3) is 33.3 Å². The fourth-order valence-corrected chi connectivity index (χ4v) is 3.27. The quantitative estimate of drug-likeness (QED) is 0.386. The normalized spacial score (nSPS) is 10.9. The van der Waals surface area contributed by atoms with Crippen molar-refractivity contribution < 1.29 is 4.74 Å². The highest BCUT2D eigenvalue weighted by Crippen LogP contribution is 2.34. The zero-order chi connectivity index (χ0) is 18.1. The van der Waals surface area contributed by atoms with Crippen molar-refractivity contribution in [1.29, 1.82) is 0 Å². The van der Waals surface area contributed by atoms with Gasteiger partial charge in [0.25, 0.3) is 0 Å². The summed E-state index contributed by atoms with van der Waals surface area (Å²) >= 11 is 12.3. The van der Waals surface area contributed by atoms with E-state index in [1.165, 1.54) is 0 Å². The number of rotatable bonds is 3. The lowest BCUT2D eigenvalue weighted by molar-refractivity contribution is 0.415. The Morgan fingerprint density at radius 3 is 2.08 bits per heavy atom. The molecule has 0 aliphatic rings. The summed E-state index contributed by atoms with van der Waals surface area (Å²) in [6.07, 6.45) is 0. The van der Waals surface area contributed by atoms with Gasteiger partial charge < -0.3 is 4.74 Å². The van der Waals surface area contributed by atoms with Crippen LogP contribution < -0.4 is 4.74 Å². The third-order valence-electron chi connectivity index (χ3n) is 4.31. The zero-order valence-corrected chi connectivity index (χ0v) is 15.6. The second-order valence-electron chi connectivity index (χ2n) is 5.95. The second kappa shape index (κ2) is 6.99. The van der Waals surface area contributed by atoms with Crippen molar-refractivity contribution in [3.63, 3.8) is 0 Å². The molecule has 4 heteroatoms. The molecule has 0 aliphatic carbocycles. The van der Waals surface area contributed by atoms with Crippen molar-refractivity contribution in [2.45, 2.75) is 0 Å². The first-order chi connectivity index (χ1) is 12.6. The number of methoxy groups -OCH3 is 1. The topological polar surface area (TPSA) is 22.1 Å². The summed E-state index contributed by atoms with van der Waals surface area (Å²) in [6.45, 7) is 0. The largest absolute Gasteiger partial charge is 0.497 e. The Labute approximate surface area is 162 Å². The van der Waals surface area contributed by atoms with Crippen molar-refractivity contribution in [2.24, 2.45) is 0 Å². The standard InChI is InChI=1S/C22H15Cl2NO/c1-26-18-9-4-14(5-10-18)19-13-22(15-2-6-16(23)7-3-15)25-21-11-8-17(24)12-20(19)21/h2-13H,1H3. The maximum Gasteiger partial charge on any atom is 0.118 e. The van der Waals surface area contributed by atoms with Gasteiger partial charge in [0.1, 0.15) is 5.75 Å². The molecule has 0 bridgehead atoms. The number of aromatic nitrogens is 1. The lowest BCUT2D eigenvalue weighted by atomic mass is 9.98. The molecule has 0 unspecified atom stereocenters. The third-order valence-corrected chi connectivity index (χ3v) is 4.80. The highest BCUT2D eigenvalue weighted by molar-refractivity contribution is 6.31. The molecule has 0 amide bonds. The van der Waals surface area contributed by atoms with Gasteiger partial charge in [-0.25, -0.2) is 4.98 Å². The number of fused-ring (bicyclic) bond motifs is 1. The molecule has 0 aliphatic heterocycles. The molecular formula is C22H15Cl2NO. The van der Waals surface area contributed by atoms with Crippen LogP contribution in [-0.4, -0.2) is 12.1 Å². The average Bonchev–Trinajstić information content (AvgIpc) is 2.68. The molecule has 2 nitrogen and oxygen atoms in total. The molecule has 0 spiro atoms. The summed E-state index contributed by atoms with van der Waals surface area (Å²) in [5.41, 5.74) is 4.96. The molecule has 0 N–H and O–H groups in total. The lowest BCUT2D eigenvalue weighted by Crippen LogP contribution is -1.90. The maximum atomic E-state index is 6.24. The van der Waals surface area contributed by atoms with E-state index in [1.807, 2.05) is 66.7 Å². The summed E-state index contributed by atoms with van der Waals surface area (Å²) < 4.78 is 5.27. The van der Waals surface area contributed by atoms with Gasteiger partial charge >= 0.3 is 0 Å². The first-order valence-corrected chi connectivity index (χ1v) is 8.90. The molecule has 1 heterocycles. The van der Waals surface area contributed by atoms with Gasteiger partial charge in [-0.3, -0.25) is 0 Å². The number of pyridine rings is 1. The molecule has 128 valence electrons. The van der Waals surface area contributed by atoms with Crippen LogP contribution in [0.4, 0.5) is 0 Å². The molecule has 0 saturated carbocycles. The van der Waals surface area contributed by atoms with E-state index in [9.17, 15) is 0 Å². The summed E-state index contributed by atoms with van der Waals surface area (Å²) in [4.78, 5) is 4.81. The van der Waals surface area contributed by atoms with E-state index >= 15 is 0 Å². The van der Waals surface area contributed by atoms with Gasteiger partial charge in [0, 0.05) is 21.0 Å². The monoisotopic (exact) mass is 379 g/mol. The van der Waals surface area contributed by atoms with E-state index in [1.54, 1.807) is 7.11 Å². The first kappa shape index (κ1) is 16.9. The number of nitrogens with zero attached hydrogens (tertiary/aromatic N) is 1. The van der Waals surface area contributed by atoms with E-state index in [4.69, 9.17) is 32.9 Å². The van der Waals surface area contributed by atoms with Crippen LogP contribution >= 0.6 is 23.2 Å². The summed E-state index contributed by atoms with van der Waals surface area (Å²) in [5.74, 6) is 0.822. The molecule has 4 rings (SSSR count). The SMILES string of the molecule is COc1ccc(-c2cc(-c3ccc(Cl)cc3)nc3ccc(Cl)cc23)cc1. The summed E-state index contributed by atoms with van der Waals surface area (Å²) in [7, 11) is 1.66. The van der Waals surface area contributed by atoms with E-state index < -0.39 is 0 Å².